The second kappa shape index (κ2) is 6.63. The Morgan fingerprint density at radius 2 is 1.89 bits per heavy atom. The molecule has 0 aromatic carbocycles. The lowest BCUT2D eigenvalue weighted by atomic mass is 10.5. The molecule has 0 amide bonds. The number of thiazole rings is 1. The summed E-state index contributed by atoms with van der Waals surface area (Å²) in [5.74, 6) is 0.936. The van der Waals surface area contributed by atoms with Crippen LogP contribution >= 0.6 is 22.9 Å². The minimum atomic E-state index is 0.173. The highest BCUT2D eigenvalue weighted by Crippen LogP contribution is 2.13. The molecule has 0 atom stereocenters. The van der Waals surface area contributed by atoms with Gasteiger partial charge in [-0.3, -0.25) is 0 Å². The fourth-order valence-corrected chi connectivity index (χ4v) is 2.26. The summed E-state index contributed by atoms with van der Waals surface area (Å²) in [5, 5.41) is 9.33. The summed E-state index contributed by atoms with van der Waals surface area (Å²) in [5.41, 5.74) is 1.01. The zero-order valence-corrected chi connectivity index (χ0v) is 12.3. The van der Waals surface area contributed by atoms with Gasteiger partial charge in [0, 0.05) is 17.6 Å². The Morgan fingerprint density at radius 1 is 1.16 bits per heavy atom. The average Bonchev–Trinajstić information content (AvgIpc) is 2.79. The summed E-state index contributed by atoms with van der Waals surface area (Å²) < 4.78 is 0. The molecule has 102 valence electrons. The Kier molecular flexibility index (Phi) is 4.86. The zero-order valence-electron chi connectivity index (χ0n) is 10.8. The Hall–Kier alpha value is -1.47. The van der Waals surface area contributed by atoms with Gasteiger partial charge in [-0.1, -0.05) is 6.92 Å². The largest absolute Gasteiger partial charge is 0.354 e. The van der Waals surface area contributed by atoms with E-state index in [0.29, 0.717) is 18.4 Å². The van der Waals surface area contributed by atoms with Gasteiger partial charge < -0.3 is 10.6 Å². The van der Waals surface area contributed by atoms with E-state index in [4.69, 9.17) is 11.6 Å². The monoisotopic (exact) mass is 298 g/mol. The van der Waals surface area contributed by atoms with Crippen molar-refractivity contribution in [2.24, 2.45) is 0 Å². The first kappa shape index (κ1) is 14.0. The number of aromatic nitrogens is 4. The maximum Gasteiger partial charge on any atom is 0.229 e. The minimum Gasteiger partial charge on any atom is -0.354 e. The van der Waals surface area contributed by atoms with Crippen LogP contribution in [0.5, 0.6) is 0 Å². The number of nitrogens with zero attached hydrogens (tertiary/aromatic N) is 4. The van der Waals surface area contributed by atoms with E-state index in [9.17, 15) is 0 Å². The third kappa shape index (κ3) is 4.29. The highest BCUT2D eigenvalue weighted by molar-refractivity contribution is 7.09. The number of halogens is 1. The van der Waals surface area contributed by atoms with Crippen LogP contribution in [0.2, 0.25) is 5.28 Å². The van der Waals surface area contributed by atoms with E-state index in [2.05, 4.69) is 37.5 Å². The summed E-state index contributed by atoms with van der Waals surface area (Å²) in [7, 11) is 0. The van der Waals surface area contributed by atoms with E-state index < -0.39 is 0 Å². The molecule has 2 heterocycles. The van der Waals surface area contributed by atoms with Crippen LogP contribution in [0.4, 0.5) is 11.9 Å². The Balaban J connectivity index is 2.01. The Labute approximate surface area is 120 Å². The normalized spacial score (nSPS) is 10.5. The van der Waals surface area contributed by atoms with Gasteiger partial charge in [-0.25, -0.2) is 4.98 Å². The van der Waals surface area contributed by atoms with Crippen molar-refractivity contribution in [3.05, 3.63) is 21.4 Å². The quantitative estimate of drug-likeness (QED) is 0.854. The van der Waals surface area contributed by atoms with Crippen molar-refractivity contribution in [1.29, 1.82) is 0 Å². The van der Waals surface area contributed by atoms with Gasteiger partial charge >= 0.3 is 0 Å². The molecule has 2 N–H and O–H groups in total. The maximum atomic E-state index is 5.86. The van der Waals surface area contributed by atoms with Crippen molar-refractivity contribution in [3.63, 3.8) is 0 Å². The molecule has 0 spiro atoms. The lowest BCUT2D eigenvalue weighted by Gasteiger charge is -2.06. The molecule has 0 saturated heterocycles. The third-order valence-electron chi connectivity index (χ3n) is 2.21. The van der Waals surface area contributed by atoms with Crippen LogP contribution in [0.3, 0.4) is 0 Å². The molecule has 8 heteroatoms. The van der Waals surface area contributed by atoms with Crippen molar-refractivity contribution in [3.8, 4) is 0 Å². The number of anilines is 2. The van der Waals surface area contributed by atoms with Crippen molar-refractivity contribution in [1.82, 2.24) is 19.9 Å². The SMILES string of the molecule is CCCNc1nc(Cl)nc(NCc2nc(C)cs2)n1. The zero-order chi connectivity index (χ0) is 13.7. The van der Waals surface area contributed by atoms with E-state index in [1.807, 2.05) is 12.3 Å². The summed E-state index contributed by atoms with van der Waals surface area (Å²) in [6, 6.07) is 0. The van der Waals surface area contributed by atoms with Gasteiger partial charge in [0.2, 0.25) is 17.2 Å². The molecule has 2 rings (SSSR count). The predicted octanol–water partition coefficient (Wildman–Crippen LogP) is 2.72. The summed E-state index contributed by atoms with van der Waals surface area (Å²) >= 11 is 7.46. The van der Waals surface area contributed by atoms with E-state index in [1.165, 1.54) is 0 Å². The molecular formula is C11H15ClN6S. The maximum absolute atomic E-state index is 5.86. The molecule has 2 aromatic rings. The van der Waals surface area contributed by atoms with Gasteiger partial charge in [0.15, 0.2) is 0 Å². The molecule has 0 fully saturated rings. The van der Waals surface area contributed by atoms with Crippen LogP contribution in [0.25, 0.3) is 0 Å². The van der Waals surface area contributed by atoms with Crippen LogP contribution in [0.1, 0.15) is 24.0 Å². The number of hydrogen-bond acceptors (Lipinski definition) is 7. The van der Waals surface area contributed by atoms with E-state index in [1.54, 1.807) is 11.3 Å². The van der Waals surface area contributed by atoms with Gasteiger partial charge in [-0.2, -0.15) is 15.0 Å². The van der Waals surface area contributed by atoms with E-state index in [-0.39, 0.29) is 5.28 Å². The second-order valence-electron chi connectivity index (χ2n) is 3.91. The van der Waals surface area contributed by atoms with Crippen LogP contribution in [-0.4, -0.2) is 26.5 Å². The van der Waals surface area contributed by atoms with Crippen LogP contribution < -0.4 is 10.6 Å². The molecule has 19 heavy (non-hydrogen) atoms. The van der Waals surface area contributed by atoms with Crippen molar-refractivity contribution in [2.45, 2.75) is 26.8 Å². The lowest BCUT2D eigenvalue weighted by molar-refractivity contribution is 0.931. The molecule has 0 bridgehead atoms. The number of rotatable bonds is 6. The van der Waals surface area contributed by atoms with Crippen molar-refractivity contribution < 1.29 is 0 Å². The third-order valence-corrected chi connectivity index (χ3v) is 3.34. The van der Waals surface area contributed by atoms with Gasteiger partial charge in [-0.05, 0) is 24.9 Å². The van der Waals surface area contributed by atoms with Gasteiger partial charge in [-0.15, -0.1) is 11.3 Å². The van der Waals surface area contributed by atoms with Gasteiger partial charge in [0.05, 0.1) is 6.54 Å². The summed E-state index contributed by atoms with van der Waals surface area (Å²) in [6.07, 6.45) is 0.991. The van der Waals surface area contributed by atoms with Crippen LogP contribution in [0.15, 0.2) is 5.38 Å². The number of aryl methyl sites for hydroxylation is 1. The Morgan fingerprint density at radius 3 is 2.53 bits per heavy atom. The Bertz CT molecular complexity index is 544. The van der Waals surface area contributed by atoms with Crippen molar-refractivity contribution in [2.75, 3.05) is 17.2 Å². The fraction of sp³-hybridized carbons (Fsp3) is 0.455. The molecule has 6 nitrogen and oxygen atoms in total. The highest BCUT2D eigenvalue weighted by atomic mass is 35.5. The first-order valence-electron chi connectivity index (χ1n) is 5.97. The standard InChI is InChI=1S/C11H15ClN6S/c1-3-4-13-10-16-9(12)17-11(18-10)14-5-8-15-7(2)6-19-8/h6H,3-5H2,1-2H3,(H2,13,14,16,17,18). The van der Waals surface area contributed by atoms with E-state index in [0.717, 1.165) is 23.7 Å². The number of nitrogens with one attached hydrogen (secondary N) is 2. The lowest BCUT2D eigenvalue weighted by Crippen LogP contribution is -2.09. The van der Waals surface area contributed by atoms with Crippen LogP contribution in [-0.2, 0) is 6.54 Å². The first-order chi connectivity index (χ1) is 9.17. The van der Waals surface area contributed by atoms with Crippen LogP contribution in [0, 0.1) is 6.92 Å². The predicted molar refractivity (Wildman–Crippen MR) is 77.8 cm³/mol. The number of hydrogen-bond donors (Lipinski definition) is 2. The van der Waals surface area contributed by atoms with Crippen molar-refractivity contribution >= 4 is 34.8 Å². The first-order valence-corrected chi connectivity index (χ1v) is 7.23. The molecule has 0 radical (unpaired) electrons. The van der Waals surface area contributed by atoms with Gasteiger partial charge in [0.25, 0.3) is 0 Å². The summed E-state index contributed by atoms with van der Waals surface area (Å²) in [6.45, 7) is 5.41. The highest BCUT2D eigenvalue weighted by Gasteiger charge is 2.05. The van der Waals surface area contributed by atoms with Gasteiger partial charge in [0.1, 0.15) is 5.01 Å². The molecule has 2 aromatic heterocycles. The van der Waals surface area contributed by atoms with E-state index >= 15 is 0 Å². The molecular weight excluding hydrogens is 284 g/mol. The smallest absolute Gasteiger partial charge is 0.229 e. The molecule has 0 aliphatic carbocycles. The topological polar surface area (TPSA) is 75.6 Å². The summed E-state index contributed by atoms with van der Waals surface area (Å²) in [4.78, 5) is 16.6. The molecule has 0 saturated carbocycles. The molecule has 0 aliphatic heterocycles. The molecule has 0 unspecified atom stereocenters. The fourth-order valence-electron chi connectivity index (χ4n) is 1.38. The second-order valence-corrected chi connectivity index (χ2v) is 5.20. The average molecular weight is 299 g/mol. The minimum absolute atomic E-state index is 0.173. The molecule has 0 aliphatic rings.